The van der Waals surface area contributed by atoms with Crippen LogP contribution in [0, 0.1) is 13.8 Å². The van der Waals surface area contributed by atoms with Gasteiger partial charge in [0.2, 0.25) is 11.8 Å². The fourth-order valence-corrected chi connectivity index (χ4v) is 4.51. The Morgan fingerprint density at radius 1 is 1.20 bits per heavy atom. The Balaban J connectivity index is 1.56. The summed E-state index contributed by atoms with van der Waals surface area (Å²) in [6.07, 6.45) is 1.92. The van der Waals surface area contributed by atoms with Crippen molar-refractivity contribution < 1.29 is 9.59 Å². The molecule has 3 aromatic rings. The third kappa shape index (κ3) is 3.95. The highest BCUT2D eigenvalue weighted by Gasteiger charge is 2.29. The minimum absolute atomic E-state index is 0.0772. The Hall–Kier alpha value is -3.13. The van der Waals surface area contributed by atoms with Gasteiger partial charge >= 0.3 is 0 Å². The summed E-state index contributed by atoms with van der Waals surface area (Å²) in [5, 5.41) is 11.8. The first-order valence-corrected chi connectivity index (χ1v) is 10.7. The minimum atomic E-state index is -0.237. The molecular formula is C22H23N5O2S. The number of nitrogens with zero attached hydrogens (tertiary/aromatic N) is 4. The number of hydrogen-bond acceptors (Lipinski definition) is 5. The summed E-state index contributed by atoms with van der Waals surface area (Å²) < 4.78 is 1.90. The number of carbonyl (C=O) groups excluding carboxylic acids is 2. The zero-order chi connectivity index (χ0) is 21.3. The highest BCUT2D eigenvalue weighted by atomic mass is 32.2. The van der Waals surface area contributed by atoms with Crippen molar-refractivity contribution in [2.45, 2.75) is 38.4 Å². The molecule has 1 atom stereocenters. The van der Waals surface area contributed by atoms with Crippen molar-refractivity contribution in [2.24, 2.45) is 0 Å². The maximum Gasteiger partial charge on any atom is 0.237 e. The van der Waals surface area contributed by atoms with Crippen molar-refractivity contribution in [2.75, 3.05) is 16.0 Å². The molecule has 2 amide bonds. The second-order valence-corrected chi connectivity index (χ2v) is 8.39. The molecule has 0 radical (unpaired) electrons. The van der Waals surface area contributed by atoms with Crippen LogP contribution in [-0.4, -0.2) is 38.4 Å². The average molecular weight is 422 g/mol. The summed E-state index contributed by atoms with van der Waals surface area (Å²) in [6, 6.07) is 13.3. The van der Waals surface area contributed by atoms with Crippen molar-refractivity contribution >= 4 is 35.0 Å². The monoisotopic (exact) mass is 421 g/mol. The molecule has 2 aromatic carbocycles. The number of rotatable bonds is 4. The fourth-order valence-electron chi connectivity index (χ4n) is 3.73. The minimum Gasteiger partial charge on any atom is -0.324 e. The molecule has 2 heterocycles. The Bertz CT molecular complexity index is 1110. The van der Waals surface area contributed by atoms with Crippen LogP contribution in [0.4, 0.5) is 11.4 Å². The van der Waals surface area contributed by atoms with E-state index in [-0.39, 0.29) is 30.0 Å². The third-order valence-corrected chi connectivity index (χ3v) is 6.01. The van der Waals surface area contributed by atoms with E-state index in [0.717, 1.165) is 16.9 Å². The molecule has 0 spiro atoms. The zero-order valence-electron chi connectivity index (χ0n) is 17.1. The lowest BCUT2D eigenvalue weighted by atomic mass is 10.1. The van der Waals surface area contributed by atoms with E-state index < -0.39 is 0 Å². The van der Waals surface area contributed by atoms with Crippen LogP contribution in [0.5, 0.6) is 0 Å². The maximum absolute atomic E-state index is 13.2. The van der Waals surface area contributed by atoms with Gasteiger partial charge < -0.3 is 10.2 Å². The number of aromatic nitrogens is 3. The first-order chi connectivity index (χ1) is 14.4. The molecule has 154 valence electrons. The second-order valence-electron chi connectivity index (χ2n) is 7.44. The zero-order valence-corrected chi connectivity index (χ0v) is 17.9. The van der Waals surface area contributed by atoms with E-state index in [4.69, 9.17) is 0 Å². The number of para-hydroxylation sites is 2. The summed E-state index contributed by atoms with van der Waals surface area (Å²) in [6.45, 7) is 5.99. The number of hydrogen-bond donors (Lipinski definition) is 1. The number of amides is 2. The normalized spacial score (nSPS) is 16.0. The number of aryl methyl sites for hydroxylation is 2. The molecule has 0 saturated carbocycles. The van der Waals surface area contributed by atoms with Gasteiger partial charge in [-0.3, -0.25) is 14.2 Å². The molecule has 4 rings (SSSR count). The predicted molar refractivity (Wildman–Crippen MR) is 118 cm³/mol. The van der Waals surface area contributed by atoms with Crippen LogP contribution in [0.1, 0.15) is 24.5 Å². The highest BCUT2D eigenvalue weighted by molar-refractivity contribution is 7.99. The molecule has 7 nitrogen and oxygen atoms in total. The fraction of sp³-hybridized carbons (Fsp3) is 0.273. The van der Waals surface area contributed by atoms with E-state index in [2.05, 4.69) is 28.5 Å². The molecule has 0 bridgehead atoms. The smallest absolute Gasteiger partial charge is 0.237 e. The molecule has 1 unspecified atom stereocenters. The molecule has 1 aliphatic rings. The Labute approximate surface area is 179 Å². The molecule has 1 aromatic heterocycles. The van der Waals surface area contributed by atoms with Crippen LogP contribution in [0.25, 0.3) is 5.69 Å². The van der Waals surface area contributed by atoms with Gasteiger partial charge in [-0.25, -0.2) is 0 Å². The van der Waals surface area contributed by atoms with Crippen molar-refractivity contribution in [1.82, 2.24) is 14.8 Å². The van der Waals surface area contributed by atoms with Crippen molar-refractivity contribution in [3.8, 4) is 5.69 Å². The average Bonchev–Trinajstić information content (AvgIpc) is 3.11. The van der Waals surface area contributed by atoms with E-state index in [1.54, 1.807) is 11.2 Å². The first kappa shape index (κ1) is 20.2. The molecule has 0 saturated heterocycles. The molecule has 1 N–H and O–H groups in total. The van der Waals surface area contributed by atoms with Crippen LogP contribution in [0.15, 0.2) is 53.9 Å². The van der Waals surface area contributed by atoms with Gasteiger partial charge in [0.15, 0.2) is 5.16 Å². The summed E-state index contributed by atoms with van der Waals surface area (Å²) in [4.78, 5) is 27.1. The van der Waals surface area contributed by atoms with Crippen LogP contribution in [0.2, 0.25) is 0 Å². The van der Waals surface area contributed by atoms with E-state index in [0.29, 0.717) is 10.8 Å². The molecular weight excluding hydrogens is 398 g/mol. The lowest BCUT2D eigenvalue weighted by Crippen LogP contribution is -2.40. The van der Waals surface area contributed by atoms with Crippen LogP contribution >= 0.6 is 11.8 Å². The van der Waals surface area contributed by atoms with Gasteiger partial charge in [0.1, 0.15) is 6.33 Å². The van der Waals surface area contributed by atoms with E-state index >= 15 is 0 Å². The van der Waals surface area contributed by atoms with Gasteiger partial charge in [-0.15, -0.1) is 10.2 Å². The molecule has 30 heavy (non-hydrogen) atoms. The first-order valence-electron chi connectivity index (χ1n) is 9.75. The predicted octanol–water partition coefficient (Wildman–Crippen LogP) is 3.74. The van der Waals surface area contributed by atoms with Gasteiger partial charge in [0, 0.05) is 12.5 Å². The second kappa shape index (κ2) is 8.31. The summed E-state index contributed by atoms with van der Waals surface area (Å²) >= 11 is 1.34. The molecule has 8 heteroatoms. The van der Waals surface area contributed by atoms with E-state index in [1.807, 2.05) is 54.8 Å². The van der Waals surface area contributed by atoms with Crippen LogP contribution in [0.3, 0.4) is 0 Å². The van der Waals surface area contributed by atoms with Crippen molar-refractivity contribution in [3.63, 3.8) is 0 Å². The summed E-state index contributed by atoms with van der Waals surface area (Å²) in [5.41, 5.74) is 4.66. The van der Waals surface area contributed by atoms with Gasteiger partial charge in [0.25, 0.3) is 0 Å². The van der Waals surface area contributed by atoms with Gasteiger partial charge in [-0.05, 0) is 44.5 Å². The molecule has 0 fully saturated rings. The number of anilines is 2. The van der Waals surface area contributed by atoms with Gasteiger partial charge in [0.05, 0.1) is 22.8 Å². The number of nitrogens with one attached hydrogen (secondary N) is 1. The molecule has 1 aliphatic heterocycles. The van der Waals surface area contributed by atoms with Crippen LogP contribution in [-0.2, 0) is 9.59 Å². The van der Waals surface area contributed by atoms with Crippen LogP contribution < -0.4 is 10.2 Å². The Morgan fingerprint density at radius 2 is 2.00 bits per heavy atom. The lowest BCUT2D eigenvalue weighted by Gasteiger charge is -2.27. The summed E-state index contributed by atoms with van der Waals surface area (Å²) in [5.74, 6) is 0.0235. The quantitative estimate of drug-likeness (QED) is 0.649. The third-order valence-electron chi connectivity index (χ3n) is 5.08. The van der Waals surface area contributed by atoms with Gasteiger partial charge in [-0.1, -0.05) is 41.6 Å². The number of carbonyl (C=O) groups is 2. The van der Waals surface area contributed by atoms with E-state index in [1.165, 1.54) is 17.3 Å². The summed E-state index contributed by atoms with van der Waals surface area (Å²) in [7, 11) is 0. The van der Waals surface area contributed by atoms with Crippen molar-refractivity contribution in [3.05, 3.63) is 59.9 Å². The Morgan fingerprint density at radius 3 is 2.80 bits per heavy atom. The number of fused-ring (bicyclic) bond motifs is 1. The highest BCUT2D eigenvalue weighted by Crippen LogP contribution is 2.32. The Kier molecular flexibility index (Phi) is 5.59. The topological polar surface area (TPSA) is 80.1 Å². The largest absolute Gasteiger partial charge is 0.324 e. The van der Waals surface area contributed by atoms with Crippen molar-refractivity contribution in [1.29, 1.82) is 0 Å². The number of thioether (sulfide) groups is 1. The standard InChI is InChI=1S/C22H23N5O2S/c1-14-8-9-18(15(2)10-14)26-13-23-25-22(26)30-12-21(29)27-16(3)11-20(28)24-17-6-4-5-7-19(17)27/h4-10,13,16H,11-12H2,1-3H3,(H,24,28). The van der Waals surface area contributed by atoms with Gasteiger partial charge in [-0.2, -0.15) is 0 Å². The maximum atomic E-state index is 13.2. The SMILES string of the molecule is Cc1ccc(-n2cnnc2SCC(=O)N2c3ccccc3NC(=O)CC2C)c(C)c1. The lowest BCUT2D eigenvalue weighted by molar-refractivity contribution is -0.117. The van der Waals surface area contributed by atoms with E-state index in [9.17, 15) is 9.59 Å². The molecule has 0 aliphatic carbocycles. The number of benzene rings is 2.